The van der Waals surface area contributed by atoms with Gasteiger partial charge in [-0.25, -0.2) is 8.42 Å². The molecule has 4 heteroatoms. The van der Waals surface area contributed by atoms with Crippen molar-refractivity contribution < 1.29 is 13.2 Å². The molecule has 0 N–H and O–H groups in total. The van der Waals surface area contributed by atoms with Gasteiger partial charge < -0.3 is 4.74 Å². The lowest BCUT2D eigenvalue weighted by molar-refractivity contribution is 0.340. The maximum atomic E-state index is 12.8. The van der Waals surface area contributed by atoms with Gasteiger partial charge in [0.15, 0.2) is 0 Å². The summed E-state index contributed by atoms with van der Waals surface area (Å²) in [5.74, 6) is 1.06. The molecular formula is C26H30O3S. The van der Waals surface area contributed by atoms with Crippen LogP contribution in [0.15, 0.2) is 121 Å². The van der Waals surface area contributed by atoms with Gasteiger partial charge in [0, 0.05) is 0 Å². The van der Waals surface area contributed by atoms with E-state index in [9.17, 15) is 8.42 Å². The molecule has 3 nitrogen and oxygen atoms in total. The lowest BCUT2D eigenvalue weighted by Crippen LogP contribution is -2.02. The van der Waals surface area contributed by atoms with Gasteiger partial charge in [-0.2, -0.15) is 0 Å². The molecular weight excluding hydrogens is 392 g/mol. The molecule has 0 heterocycles. The van der Waals surface area contributed by atoms with Gasteiger partial charge in [-0.15, -0.1) is 0 Å². The number of sulfone groups is 1. The maximum Gasteiger partial charge on any atom is 0.206 e. The van der Waals surface area contributed by atoms with E-state index in [2.05, 4.69) is 26.3 Å². The number of ether oxygens (including phenoxy) is 1. The third kappa shape index (κ3) is 7.72. The van der Waals surface area contributed by atoms with E-state index >= 15 is 0 Å². The van der Waals surface area contributed by atoms with Crippen LogP contribution in [-0.2, 0) is 14.6 Å². The average Bonchev–Trinajstić information content (AvgIpc) is 2.71. The summed E-state index contributed by atoms with van der Waals surface area (Å²) >= 11 is 0. The molecule has 0 saturated heterocycles. The highest BCUT2D eigenvalue weighted by Gasteiger charge is 2.17. The Bertz CT molecular complexity index is 1010. The minimum Gasteiger partial charge on any atom is -0.459 e. The smallest absolute Gasteiger partial charge is 0.206 e. The van der Waals surface area contributed by atoms with Crippen LogP contribution in [0.4, 0.5) is 0 Å². The molecule has 1 aromatic carbocycles. The third-order valence-corrected chi connectivity index (χ3v) is 5.67. The van der Waals surface area contributed by atoms with Crippen molar-refractivity contribution in [2.75, 3.05) is 0 Å². The largest absolute Gasteiger partial charge is 0.459 e. The van der Waals surface area contributed by atoms with Gasteiger partial charge >= 0.3 is 0 Å². The van der Waals surface area contributed by atoms with E-state index in [1.54, 1.807) is 36.4 Å². The third-order valence-electron chi connectivity index (χ3n) is 3.95. The molecule has 0 radical (unpaired) electrons. The zero-order valence-corrected chi connectivity index (χ0v) is 18.8. The summed E-state index contributed by atoms with van der Waals surface area (Å²) in [7, 11) is -3.72. The van der Waals surface area contributed by atoms with Gasteiger partial charge in [-0.1, -0.05) is 82.7 Å². The fourth-order valence-corrected chi connectivity index (χ4v) is 3.36. The molecule has 1 rings (SSSR count). The van der Waals surface area contributed by atoms with E-state index in [1.165, 1.54) is 12.2 Å². The Balaban J connectivity index is 2.90. The minimum atomic E-state index is -3.72. The first-order valence-corrected chi connectivity index (χ1v) is 11.0. The zero-order chi connectivity index (χ0) is 22.7. The lowest BCUT2D eigenvalue weighted by Gasteiger charge is -2.08. The van der Waals surface area contributed by atoms with Gasteiger partial charge in [0.1, 0.15) is 11.5 Å². The van der Waals surface area contributed by atoms with Crippen LogP contribution in [0.1, 0.15) is 26.3 Å². The number of benzene rings is 1. The van der Waals surface area contributed by atoms with Crippen molar-refractivity contribution in [1.82, 2.24) is 0 Å². The molecule has 30 heavy (non-hydrogen) atoms. The Morgan fingerprint density at radius 2 is 1.57 bits per heavy atom. The van der Waals surface area contributed by atoms with Crippen LogP contribution < -0.4 is 0 Å². The van der Waals surface area contributed by atoms with Crippen LogP contribution in [0.2, 0.25) is 0 Å². The van der Waals surface area contributed by atoms with E-state index in [-0.39, 0.29) is 15.6 Å². The normalized spacial score (nSPS) is 12.7. The average molecular weight is 423 g/mol. The van der Waals surface area contributed by atoms with Crippen LogP contribution in [0.5, 0.6) is 0 Å². The van der Waals surface area contributed by atoms with Crippen molar-refractivity contribution in [3.63, 3.8) is 0 Å². The van der Waals surface area contributed by atoms with Gasteiger partial charge in [0.25, 0.3) is 0 Å². The van der Waals surface area contributed by atoms with E-state index < -0.39 is 9.84 Å². The summed E-state index contributed by atoms with van der Waals surface area (Å²) in [6.07, 6.45) is 13.9. The highest BCUT2D eigenvalue weighted by atomic mass is 32.2. The van der Waals surface area contributed by atoms with Crippen molar-refractivity contribution >= 4 is 15.4 Å². The topological polar surface area (TPSA) is 43.4 Å². The minimum absolute atomic E-state index is 0.0545. The van der Waals surface area contributed by atoms with Gasteiger partial charge in [0.2, 0.25) is 9.84 Å². The van der Waals surface area contributed by atoms with E-state index in [0.29, 0.717) is 11.7 Å². The Morgan fingerprint density at radius 1 is 0.967 bits per heavy atom. The fourth-order valence-electron chi connectivity index (χ4n) is 2.32. The van der Waals surface area contributed by atoms with Crippen molar-refractivity contribution in [3.05, 3.63) is 121 Å². The fraction of sp³-hybridized carbons (Fsp3) is 0.154. The van der Waals surface area contributed by atoms with Crippen molar-refractivity contribution in [2.24, 2.45) is 5.92 Å². The molecule has 158 valence electrons. The SMILES string of the molecule is C=CC=CC(=CC)c1ccc(S(=O)(=O)C(=C)C=CC(=C)OC(=C)C=CC(C)C)cc1. The molecule has 1 aromatic rings. The predicted octanol–water partition coefficient (Wildman–Crippen LogP) is 6.93. The number of hydrogen-bond donors (Lipinski definition) is 0. The monoisotopic (exact) mass is 422 g/mol. The van der Waals surface area contributed by atoms with E-state index in [4.69, 9.17) is 4.74 Å². The van der Waals surface area contributed by atoms with Crippen molar-refractivity contribution in [3.8, 4) is 0 Å². The molecule has 0 fully saturated rings. The Labute approximate surface area is 181 Å². The molecule has 0 atom stereocenters. The molecule has 0 spiro atoms. The summed E-state index contributed by atoms with van der Waals surface area (Å²) in [6, 6.07) is 6.66. The second-order valence-corrected chi connectivity index (χ2v) is 8.81. The second-order valence-electron chi connectivity index (χ2n) is 6.80. The van der Waals surface area contributed by atoms with Crippen LogP contribution in [0.25, 0.3) is 5.57 Å². The molecule has 0 aromatic heterocycles. The van der Waals surface area contributed by atoms with Crippen LogP contribution in [0.3, 0.4) is 0 Å². The van der Waals surface area contributed by atoms with Gasteiger partial charge in [-0.3, -0.25) is 0 Å². The molecule has 0 unspecified atom stereocenters. The molecule has 0 aliphatic rings. The van der Waals surface area contributed by atoms with Crippen LogP contribution >= 0.6 is 0 Å². The Kier molecular flexibility index (Phi) is 9.79. The van der Waals surface area contributed by atoms with Gasteiger partial charge in [-0.05, 0) is 54.3 Å². The Morgan fingerprint density at radius 3 is 2.10 bits per heavy atom. The predicted molar refractivity (Wildman–Crippen MR) is 128 cm³/mol. The molecule has 0 aliphatic heterocycles. The summed E-state index contributed by atoms with van der Waals surface area (Å²) in [4.78, 5) is 0.112. The first-order chi connectivity index (χ1) is 14.1. The van der Waals surface area contributed by atoms with E-state index in [1.807, 2.05) is 45.1 Å². The highest BCUT2D eigenvalue weighted by molar-refractivity contribution is 7.95. The first-order valence-electron chi connectivity index (χ1n) is 9.53. The first kappa shape index (κ1) is 24.9. The number of allylic oxidation sites excluding steroid dienone is 9. The van der Waals surface area contributed by atoms with Crippen LogP contribution in [-0.4, -0.2) is 8.42 Å². The standard InChI is InChI=1S/C26H30O3S/c1-8-10-11-24(9-2)25-16-18-26(19-17-25)30(27,28)23(7)15-14-22(6)29-21(5)13-12-20(3)4/h8-20H,1,5-7H2,2-4H3. The van der Waals surface area contributed by atoms with Gasteiger partial charge in [0.05, 0.1) is 9.80 Å². The van der Waals surface area contributed by atoms with Crippen molar-refractivity contribution in [2.45, 2.75) is 25.7 Å². The number of rotatable bonds is 11. The summed E-state index contributed by atoms with van der Waals surface area (Å²) < 4.78 is 31.0. The highest BCUT2D eigenvalue weighted by Crippen LogP contribution is 2.23. The zero-order valence-electron chi connectivity index (χ0n) is 18.0. The second kappa shape index (κ2) is 11.8. The quantitative estimate of drug-likeness (QED) is 0.287. The molecule has 0 aliphatic carbocycles. The summed E-state index contributed by atoms with van der Waals surface area (Å²) in [6.45, 7) is 20.9. The maximum absolute atomic E-state index is 12.8. The molecule has 0 bridgehead atoms. The lowest BCUT2D eigenvalue weighted by atomic mass is 10.1. The van der Waals surface area contributed by atoms with E-state index in [0.717, 1.165) is 11.1 Å². The van der Waals surface area contributed by atoms with Crippen LogP contribution in [0, 0.1) is 5.92 Å². The molecule has 0 amide bonds. The summed E-state index contributed by atoms with van der Waals surface area (Å²) in [5.41, 5.74) is 1.88. The Hall–Kier alpha value is -3.11. The summed E-state index contributed by atoms with van der Waals surface area (Å²) in [5, 5.41) is 0. The number of hydrogen-bond acceptors (Lipinski definition) is 3. The molecule has 0 saturated carbocycles. The van der Waals surface area contributed by atoms with Crippen molar-refractivity contribution in [1.29, 1.82) is 0 Å².